The van der Waals surface area contributed by atoms with Crippen LogP contribution in [0.2, 0.25) is 0 Å². The Morgan fingerprint density at radius 2 is 1.02 bits per heavy atom. The number of halogens is 2. The van der Waals surface area contributed by atoms with Gasteiger partial charge in [-0.3, -0.25) is 29.4 Å². The van der Waals surface area contributed by atoms with E-state index in [0.29, 0.717) is 28.8 Å². The predicted octanol–water partition coefficient (Wildman–Crippen LogP) is 8.89. The zero-order valence-electron chi connectivity index (χ0n) is 30.9. The van der Waals surface area contributed by atoms with Crippen LogP contribution in [0.4, 0.5) is 0 Å². The lowest BCUT2D eigenvalue weighted by Crippen LogP contribution is -2.31. The van der Waals surface area contributed by atoms with Crippen LogP contribution < -0.4 is 14.8 Å². The van der Waals surface area contributed by atoms with Crippen LogP contribution in [0.3, 0.4) is 0 Å². The molecular weight excluding hydrogens is 804 g/mol. The van der Waals surface area contributed by atoms with Gasteiger partial charge in [-0.1, -0.05) is 64.1 Å². The standard InChI is InChI=1S/C21H22BrNO3.C13H19BrO2.C8H5NO2/c1-21(2,14-9-10-17(22)18(13-14)26-3)11-6-12-23-19(24)15-7-4-5-8-16(15)20(23)25;1-13(2,7-4-8-15)10-5-6-11(14)12(9-10)16-3;10-7-5-3-1-2-4-6(5)8(11)9-7/h4-5,7-10,13H,6,11-12H2,1-3H3;5-6,9,15H,4,7-8H2,1-3H3;1-4H,(H,9,10,11). The number of benzene rings is 4. The summed E-state index contributed by atoms with van der Waals surface area (Å²) in [5, 5.41) is 11.1. The fourth-order valence-corrected chi connectivity index (χ4v) is 7.03. The summed E-state index contributed by atoms with van der Waals surface area (Å²) in [5.74, 6) is 0.684. The second kappa shape index (κ2) is 18.1. The molecule has 280 valence electrons. The van der Waals surface area contributed by atoms with E-state index >= 15 is 0 Å². The highest BCUT2D eigenvalue weighted by molar-refractivity contribution is 9.10. The Labute approximate surface area is 328 Å². The van der Waals surface area contributed by atoms with Crippen molar-refractivity contribution in [3.05, 3.63) is 127 Å². The van der Waals surface area contributed by atoms with Crippen molar-refractivity contribution >= 4 is 55.5 Å². The molecule has 0 atom stereocenters. The molecule has 6 rings (SSSR count). The zero-order valence-corrected chi connectivity index (χ0v) is 34.1. The van der Waals surface area contributed by atoms with Crippen molar-refractivity contribution in [2.45, 2.75) is 64.2 Å². The summed E-state index contributed by atoms with van der Waals surface area (Å²) in [7, 11) is 3.32. The fraction of sp³-hybridized carbons (Fsp3) is 0.333. The van der Waals surface area contributed by atoms with E-state index in [0.717, 1.165) is 46.1 Å². The third kappa shape index (κ3) is 10.0. The van der Waals surface area contributed by atoms with Crippen LogP contribution in [0.25, 0.3) is 0 Å². The van der Waals surface area contributed by atoms with Crippen molar-refractivity contribution in [1.29, 1.82) is 0 Å². The van der Waals surface area contributed by atoms with Gasteiger partial charge in [-0.15, -0.1) is 0 Å². The van der Waals surface area contributed by atoms with Gasteiger partial charge >= 0.3 is 0 Å². The van der Waals surface area contributed by atoms with Gasteiger partial charge in [-0.25, -0.2) is 0 Å². The van der Waals surface area contributed by atoms with Gasteiger partial charge in [0, 0.05) is 13.2 Å². The molecule has 2 heterocycles. The smallest absolute Gasteiger partial charge is 0.261 e. The highest BCUT2D eigenvalue weighted by Gasteiger charge is 2.35. The van der Waals surface area contributed by atoms with Gasteiger partial charge in [-0.05, 0) is 128 Å². The molecule has 2 N–H and O–H groups in total. The molecule has 2 aliphatic rings. The monoisotopic (exact) mass is 848 g/mol. The Balaban J connectivity index is 0.000000197. The predicted molar refractivity (Wildman–Crippen MR) is 213 cm³/mol. The number of amides is 4. The van der Waals surface area contributed by atoms with Gasteiger partial charge in [0.2, 0.25) is 0 Å². The molecule has 4 aromatic rings. The molecule has 0 aromatic heterocycles. The molecule has 2 aliphatic heterocycles. The third-order valence-electron chi connectivity index (χ3n) is 9.53. The van der Waals surface area contributed by atoms with Crippen molar-refractivity contribution in [3.63, 3.8) is 0 Å². The van der Waals surface area contributed by atoms with Crippen LogP contribution in [0.15, 0.2) is 93.9 Å². The Morgan fingerprint density at radius 3 is 1.42 bits per heavy atom. The van der Waals surface area contributed by atoms with E-state index < -0.39 is 0 Å². The summed E-state index contributed by atoms with van der Waals surface area (Å²) in [6.07, 6.45) is 3.39. The number of rotatable bonds is 11. The molecule has 9 nitrogen and oxygen atoms in total. The van der Waals surface area contributed by atoms with Crippen molar-refractivity contribution in [2.75, 3.05) is 27.4 Å². The Kier molecular flexibility index (Phi) is 14.2. The van der Waals surface area contributed by atoms with Crippen LogP contribution in [-0.2, 0) is 10.8 Å². The third-order valence-corrected chi connectivity index (χ3v) is 10.8. The minimum absolute atomic E-state index is 0.0662. The molecule has 11 heteroatoms. The van der Waals surface area contributed by atoms with Crippen molar-refractivity contribution < 1.29 is 33.8 Å². The maximum Gasteiger partial charge on any atom is 0.261 e. The van der Waals surface area contributed by atoms with Gasteiger partial charge in [0.15, 0.2) is 0 Å². The number of fused-ring (bicyclic) bond motifs is 2. The number of aliphatic hydroxyl groups is 1. The van der Waals surface area contributed by atoms with Crippen molar-refractivity contribution in [2.24, 2.45) is 0 Å². The maximum absolute atomic E-state index is 12.4. The van der Waals surface area contributed by atoms with E-state index in [4.69, 9.17) is 14.6 Å². The van der Waals surface area contributed by atoms with Crippen LogP contribution in [0, 0.1) is 0 Å². The van der Waals surface area contributed by atoms with Crippen LogP contribution >= 0.6 is 31.9 Å². The van der Waals surface area contributed by atoms with E-state index in [1.165, 1.54) is 16.0 Å². The van der Waals surface area contributed by atoms with Gasteiger partial charge < -0.3 is 14.6 Å². The first-order valence-electron chi connectivity index (χ1n) is 17.3. The van der Waals surface area contributed by atoms with Crippen molar-refractivity contribution in [1.82, 2.24) is 10.2 Å². The molecule has 0 unspecified atom stereocenters. The minimum atomic E-state index is -0.300. The molecule has 0 bridgehead atoms. The Hall–Kier alpha value is -4.32. The second-order valence-corrected chi connectivity index (χ2v) is 15.7. The normalized spacial score (nSPS) is 13.3. The van der Waals surface area contributed by atoms with E-state index in [9.17, 15) is 19.2 Å². The van der Waals surface area contributed by atoms with Crippen LogP contribution in [0.1, 0.15) is 106 Å². The molecular formula is C42H46Br2N2O7. The van der Waals surface area contributed by atoms with E-state index in [1.54, 1.807) is 62.8 Å². The number of carbonyl (C=O) groups excluding carboxylic acids is 4. The molecule has 4 amide bonds. The summed E-state index contributed by atoms with van der Waals surface area (Å²) in [6.45, 7) is 9.38. The summed E-state index contributed by atoms with van der Waals surface area (Å²) in [4.78, 5) is 48.1. The molecule has 0 saturated heterocycles. The van der Waals surface area contributed by atoms with Crippen LogP contribution in [0.5, 0.6) is 11.5 Å². The lowest BCUT2D eigenvalue weighted by atomic mass is 9.80. The number of nitrogens with zero attached hydrogens (tertiary/aromatic N) is 1. The maximum atomic E-state index is 12.4. The lowest BCUT2D eigenvalue weighted by molar-refractivity contribution is 0.0648. The van der Waals surface area contributed by atoms with Gasteiger partial charge in [-0.2, -0.15) is 0 Å². The van der Waals surface area contributed by atoms with E-state index in [1.807, 2.05) is 18.2 Å². The lowest BCUT2D eigenvalue weighted by Gasteiger charge is -2.27. The van der Waals surface area contributed by atoms with Crippen molar-refractivity contribution in [3.8, 4) is 11.5 Å². The highest BCUT2D eigenvalue weighted by atomic mass is 79.9. The number of methoxy groups -OCH3 is 2. The molecule has 0 spiro atoms. The number of hydrogen-bond acceptors (Lipinski definition) is 7. The summed E-state index contributed by atoms with van der Waals surface area (Å²) in [5.41, 5.74) is 4.34. The number of imide groups is 2. The molecule has 0 radical (unpaired) electrons. The first kappa shape index (κ1) is 41.4. The molecule has 0 saturated carbocycles. The van der Waals surface area contributed by atoms with E-state index in [-0.39, 0.29) is 41.1 Å². The van der Waals surface area contributed by atoms with Crippen LogP contribution in [-0.4, -0.2) is 61.0 Å². The number of aliphatic hydroxyl groups excluding tert-OH is 1. The van der Waals surface area contributed by atoms with Gasteiger partial charge in [0.05, 0.1) is 45.4 Å². The topological polar surface area (TPSA) is 122 Å². The quantitative estimate of drug-likeness (QED) is 0.145. The Morgan fingerprint density at radius 1 is 0.623 bits per heavy atom. The molecule has 53 heavy (non-hydrogen) atoms. The highest BCUT2D eigenvalue weighted by Crippen LogP contribution is 2.36. The minimum Gasteiger partial charge on any atom is -0.496 e. The first-order valence-corrected chi connectivity index (χ1v) is 18.9. The number of nitrogens with one attached hydrogen (secondary N) is 1. The second-order valence-electron chi connectivity index (χ2n) is 14.0. The van der Waals surface area contributed by atoms with Gasteiger partial charge in [0.1, 0.15) is 11.5 Å². The number of carbonyl (C=O) groups is 4. The average Bonchev–Trinajstić information content (AvgIpc) is 3.58. The largest absolute Gasteiger partial charge is 0.496 e. The molecule has 0 fully saturated rings. The van der Waals surface area contributed by atoms with E-state index in [2.05, 4.69) is 83.1 Å². The first-order chi connectivity index (χ1) is 25.1. The molecule has 0 aliphatic carbocycles. The average molecular weight is 851 g/mol. The molecule has 4 aromatic carbocycles. The fourth-order valence-electron chi connectivity index (χ4n) is 6.21. The Bertz CT molecular complexity index is 1910. The number of hydrogen-bond donors (Lipinski definition) is 2. The van der Waals surface area contributed by atoms with Gasteiger partial charge in [0.25, 0.3) is 23.6 Å². The summed E-state index contributed by atoms with van der Waals surface area (Å²) in [6, 6.07) is 26.0. The summed E-state index contributed by atoms with van der Waals surface area (Å²) >= 11 is 6.92. The SMILES string of the molecule is COc1cc(C(C)(C)CCCN2C(=O)c3ccccc3C2=O)ccc1Br.COc1cc(C(C)(C)CCCO)ccc1Br.O=C1NC(=O)c2ccccc21. The summed E-state index contributed by atoms with van der Waals surface area (Å²) < 4.78 is 12.6. The number of ether oxygens (including phenoxy) is 2. The zero-order chi connectivity index (χ0) is 38.9.